The predicted molar refractivity (Wildman–Crippen MR) is 72.3 cm³/mol. The molecule has 4 heteroatoms. The zero-order valence-electron chi connectivity index (χ0n) is 11.6. The van der Waals surface area contributed by atoms with Gasteiger partial charge < -0.3 is 15.0 Å². The van der Waals surface area contributed by atoms with Crippen LogP contribution in [0.15, 0.2) is 12.4 Å². The molecule has 102 valence electrons. The fourth-order valence-corrected chi connectivity index (χ4v) is 3.07. The van der Waals surface area contributed by atoms with Crippen LogP contribution in [0, 0.1) is 0 Å². The van der Waals surface area contributed by atoms with Gasteiger partial charge in [0.2, 0.25) is 0 Å². The highest BCUT2D eigenvalue weighted by molar-refractivity contribution is 5.09. The molecular weight excluding hydrogens is 226 g/mol. The van der Waals surface area contributed by atoms with Crippen LogP contribution in [0.25, 0.3) is 0 Å². The topological polar surface area (TPSA) is 53.1 Å². The molecule has 0 bridgehead atoms. The molecule has 1 heterocycles. The lowest BCUT2D eigenvalue weighted by molar-refractivity contribution is -0.0560. The quantitative estimate of drug-likeness (QED) is 0.845. The van der Waals surface area contributed by atoms with E-state index in [9.17, 15) is 0 Å². The van der Waals surface area contributed by atoms with Crippen LogP contribution in [0.1, 0.15) is 57.8 Å². The lowest BCUT2D eigenvalue weighted by Gasteiger charge is -2.34. The molecule has 0 aromatic carbocycles. The van der Waals surface area contributed by atoms with Gasteiger partial charge in [0.05, 0.1) is 11.6 Å². The molecule has 2 rings (SSSR count). The second kappa shape index (κ2) is 5.85. The highest BCUT2D eigenvalue weighted by Crippen LogP contribution is 2.41. The first-order valence-corrected chi connectivity index (χ1v) is 7.14. The van der Waals surface area contributed by atoms with E-state index in [4.69, 9.17) is 10.5 Å². The third-order valence-corrected chi connectivity index (χ3v) is 3.94. The van der Waals surface area contributed by atoms with Gasteiger partial charge in [0.25, 0.3) is 0 Å². The van der Waals surface area contributed by atoms with Crippen molar-refractivity contribution < 1.29 is 4.74 Å². The molecule has 0 radical (unpaired) electrons. The van der Waals surface area contributed by atoms with E-state index in [-0.39, 0.29) is 11.6 Å². The zero-order valence-corrected chi connectivity index (χ0v) is 11.6. The van der Waals surface area contributed by atoms with Crippen molar-refractivity contribution in [2.45, 2.75) is 64.1 Å². The van der Waals surface area contributed by atoms with Gasteiger partial charge in [-0.3, -0.25) is 0 Å². The molecule has 4 nitrogen and oxygen atoms in total. The molecule has 0 amide bonds. The van der Waals surface area contributed by atoms with Crippen LogP contribution in [-0.2, 0) is 11.3 Å². The Kier molecular flexibility index (Phi) is 4.40. The normalized spacial score (nSPS) is 20.2. The van der Waals surface area contributed by atoms with E-state index in [1.165, 1.54) is 12.8 Å². The third kappa shape index (κ3) is 2.45. The van der Waals surface area contributed by atoms with E-state index in [2.05, 4.69) is 16.5 Å². The van der Waals surface area contributed by atoms with E-state index in [0.717, 1.165) is 38.2 Å². The smallest absolute Gasteiger partial charge is 0.128 e. The molecule has 1 aromatic heterocycles. The first kappa shape index (κ1) is 13.6. The Morgan fingerprint density at radius 1 is 1.44 bits per heavy atom. The summed E-state index contributed by atoms with van der Waals surface area (Å²) >= 11 is 0. The number of rotatable bonds is 6. The Bertz CT molecular complexity index is 369. The number of ether oxygens (including phenoxy) is 1. The second-order valence-corrected chi connectivity index (χ2v) is 5.16. The summed E-state index contributed by atoms with van der Waals surface area (Å²) in [6.45, 7) is 5.92. The Hall–Kier alpha value is -0.870. The molecule has 1 unspecified atom stereocenters. The number of hydrogen-bond donors (Lipinski definition) is 1. The summed E-state index contributed by atoms with van der Waals surface area (Å²) in [4.78, 5) is 4.46. The molecule has 0 aliphatic heterocycles. The lowest BCUT2D eigenvalue weighted by Crippen LogP contribution is -2.42. The highest BCUT2D eigenvalue weighted by atomic mass is 16.5. The number of imidazole rings is 1. The molecule has 1 saturated carbocycles. The minimum atomic E-state index is -0.189. The predicted octanol–water partition coefficient (Wildman–Crippen LogP) is 2.64. The minimum Gasteiger partial charge on any atom is -0.373 e. The Balaban J connectivity index is 2.22. The van der Waals surface area contributed by atoms with Crippen molar-refractivity contribution in [1.82, 2.24) is 9.55 Å². The number of nitrogens with two attached hydrogens (primary N) is 1. The van der Waals surface area contributed by atoms with Crippen molar-refractivity contribution in [2.24, 2.45) is 5.73 Å². The van der Waals surface area contributed by atoms with Crippen molar-refractivity contribution in [2.75, 3.05) is 6.61 Å². The van der Waals surface area contributed by atoms with Crippen LogP contribution in [0.4, 0.5) is 0 Å². The first-order valence-electron chi connectivity index (χ1n) is 7.14. The van der Waals surface area contributed by atoms with Gasteiger partial charge >= 0.3 is 0 Å². The molecular formula is C14H25N3O. The van der Waals surface area contributed by atoms with Gasteiger partial charge in [0.15, 0.2) is 0 Å². The SMILES string of the molecule is CCCn1ccnc1C(N)C1(OCC)CCCC1. The average Bonchev–Trinajstić information content (AvgIpc) is 2.99. The van der Waals surface area contributed by atoms with Gasteiger partial charge in [0, 0.05) is 25.5 Å². The first-order chi connectivity index (χ1) is 8.73. The highest BCUT2D eigenvalue weighted by Gasteiger charge is 2.42. The molecule has 0 spiro atoms. The molecule has 1 fully saturated rings. The fourth-order valence-electron chi connectivity index (χ4n) is 3.07. The van der Waals surface area contributed by atoms with Gasteiger partial charge in [-0.25, -0.2) is 4.98 Å². The Labute approximate surface area is 110 Å². The van der Waals surface area contributed by atoms with Gasteiger partial charge in [-0.1, -0.05) is 19.8 Å². The maximum atomic E-state index is 6.49. The van der Waals surface area contributed by atoms with E-state index in [1.54, 1.807) is 0 Å². The molecule has 1 atom stereocenters. The van der Waals surface area contributed by atoms with Crippen LogP contribution in [0.3, 0.4) is 0 Å². The summed E-state index contributed by atoms with van der Waals surface area (Å²) in [5.41, 5.74) is 6.30. The Morgan fingerprint density at radius 3 is 2.78 bits per heavy atom. The fraction of sp³-hybridized carbons (Fsp3) is 0.786. The van der Waals surface area contributed by atoms with Gasteiger partial charge in [0.1, 0.15) is 5.82 Å². The van der Waals surface area contributed by atoms with Crippen molar-refractivity contribution in [3.05, 3.63) is 18.2 Å². The van der Waals surface area contributed by atoms with Crippen molar-refractivity contribution in [3.63, 3.8) is 0 Å². The minimum absolute atomic E-state index is 0.110. The maximum Gasteiger partial charge on any atom is 0.128 e. The summed E-state index contributed by atoms with van der Waals surface area (Å²) in [5, 5.41) is 0. The summed E-state index contributed by atoms with van der Waals surface area (Å²) in [5.74, 6) is 0.979. The van der Waals surface area contributed by atoms with Crippen LogP contribution < -0.4 is 5.73 Å². The van der Waals surface area contributed by atoms with Gasteiger partial charge in [-0.2, -0.15) is 0 Å². The summed E-state index contributed by atoms with van der Waals surface area (Å²) in [7, 11) is 0. The van der Waals surface area contributed by atoms with E-state index in [0.29, 0.717) is 0 Å². The molecule has 0 saturated heterocycles. The number of aromatic nitrogens is 2. The number of hydrogen-bond acceptors (Lipinski definition) is 3. The second-order valence-electron chi connectivity index (χ2n) is 5.16. The summed E-state index contributed by atoms with van der Waals surface area (Å²) in [6.07, 6.45) is 9.50. The monoisotopic (exact) mass is 251 g/mol. The van der Waals surface area contributed by atoms with Crippen molar-refractivity contribution in [1.29, 1.82) is 0 Å². The standard InChI is InChI=1S/C14H25N3O/c1-3-10-17-11-9-16-13(17)12(15)14(18-4-2)7-5-6-8-14/h9,11-12H,3-8,10,15H2,1-2H3. The summed E-state index contributed by atoms with van der Waals surface area (Å²) < 4.78 is 8.20. The molecule has 2 N–H and O–H groups in total. The Morgan fingerprint density at radius 2 is 2.17 bits per heavy atom. The van der Waals surface area contributed by atoms with Crippen LogP contribution in [0.2, 0.25) is 0 Å². The summed E-state index contributed by atoms with van der Waals surface area (Å²) in [6, 6.07) is -0.110. The van der Waals surface area contributed by atoms with E-state index < -0.39 is 0 Å². The van der Waals surface area contributed by atoms with Crippen molar-refractivity contribution in [3.8, 4) is 0 Å². The van der Waals surface area contributed by atoms with Crippen LogP contribution >= 0.6 is 0 Å². The molecule has 1 aromatic rings. The third-order valence-electron chi connectivity index (χ3n) is 3.94. The maximum absolute atomic E-state index is 6.49. The molecule has 1 aliphatic rings. The van der Waals surface area contributed by atoms with Crippen LogP contribution in [-0.4, -0.2) is 21.8 Å². The number of aryl methyl sites for hydroxylation is 1. The van der Waals surface area contributed by atoms with E-state index in [1.807, 2.05) is 19.3 Å². The number of nitrogens with zero attached hydrogens (tertiary/aromatic N) is 2. The molecule has 18 heavy (non-hydrogen) atoms. The molecule has 1 aliphatic carbocycles. The zero-order chi connectivity index (χ0) is 13.0. The lowest BCUT2D eigenvalue weighted by atomic mass is 9.91. The van der Waals surface area contributed by atoms with Crippen LogP contribution in [0.5, 0.6) is 0 Å². The van der Waals surface area contributed by atoms with E-state index >= 15 is 0 Å². The van der Waals surface area contributed by atoms with Gasteiger partial charge in [-0.05, 0) is 26.2 Å². The average molecular weight is 251 g/mol. The van der Waals surface area contributed by atoms with Crippen molar-refractivity contribution >= 4 is 0 Å². The van der Waals surface area contributed by atoms with Gasteiger partial charge in [-0.15, -0.1) is 0 Å². The largest absolute Gasteiger partial charge is 0.373 e.